The molecule has 0 aromatic carbocycles. The van der Waals surface area contributed by atoms with Crippen LogP contribution in [-0.4, -0.2) is 34.8 Å². The van der Waals surface area contributed by atoms with Crippen LogP contribution in [0.15, 0.2) is 18.3 Å². The molecule has 0 spiro atoms. The molecule has 0 amide bonds. The molecule has 0 fully saturated rings. The summed E-state index contributed by atoms with van der Waals surface area (Å²) >= 11 is 6.23. The first-order valence-electron chi connectivity index (χ1n) is 7.27. The summed E-state index contributed by atoms with van der Waals surface area (Å²) in [6.45, 7) is 0.653. The fraction of sp³-hybridized carbons (Fsp3) is 0.375. The van der Waals surface area contributed by atoms with E-state index in [1.54, 1.807) is 12.3 Å². The molecule has 0 aliphatic carbocycles. The van der Waals surface area contributed by atoms with Crippen molar-refractivity contribution in [2.24, 2.45) is 0 Å². The molecule has 122 valence electrons. The summed E-state index contributed by atoms with van der Waals surface area (Å²) in [6.07, 6.45) is 2.21. The minimum Gasteiger partial charge on any atom is -0.494 e. The van der Waals surface area contributed by atoms with Gasteiger partial charge in [-0.15, -0.1) is 0 Å². The first kappa shape index (κ1) is 15.8. The fourth-order valence-corrected chi connectivity index (χ4v) is 3.31. The average Bonchev–Trinajstić information content (AvgIpc) is 2.90. The number of esters is 1. The molecule has 3 heterocycles. The van der Waals surface area contributed by atoms with Gasteiger partial charge in [0.05, 0.1) is 31.7 Å². The van der Waals surface area contributed by atoms with Crippen LogP contribution in [0.5, 0.6) is 5.75 Å². The van der Waals surface area contributed by atoms with Gasteiger partial charge in [-0.25, -0.2) is 9.78 Å². The molecule has 6 nitrogen and oxygen atoms in total. The van der Waals surface area contributed by atoms with Gasteiger partial charge in [0.25, 0.3) is 0 Å². The van der Waals surface area contributed by atoms with Gasteiger partial charge in [-0.3, -0.25) is 0 Å². The number of carbonyl (C=O) groups is 1. The Hall–Kier alpha value is -2.05. The highest BCUT2D eigenvalue weighted by Crippen LogP contribution is 2.45. The van der Waals surface area contributed by atoms with Gasteiger partial charge >= 0.3 is 5.97 Å². The van der Waals surface area contributed by atoms with Crippen LogP contribution in [0.3, 0.4) is 0 Å². The normalized spacial score (nSPS) is 16.8. The molecule has 1 N–H and O–H groups in total. The number of rotatable bonds is 3. The first-order valence-corrected chi connectivity index (χ1v) is 7.65. The Bertz CT molecular complexity index is 757. The molecule has 1 atom stereocenters. The van der Waals surface area contributed by atoms with E-state index in [0.717, 1.165) is 6.42 Å². The number of aliphatic hydroxyl groups is 1. The van der Waals surface area contributed by atoms with Gasteiger partial charge < -0.3 is 19.1 Å². The highest BCUT2D eigenvalue weighted by atomic mass is 35.5. The number of fused-ring (bicyclic) bond motifs is 1. The number of nitrogens with zero attached hydrogens (tertiary/aromatic N) is 2. The first-order chi connectivity index (χ1) is 11.1. The molecule has 23 heavy (non-hydrogen) atoms. The lowest BCUT2D eigenvalue weighted by Crippen LogP contribution is -2.18. The van der Waals surface area contributed by atoms with Gasteiger partial charge in [-0.1, -0.05) is 11.6 Å². The van der Waals surface area contributed by atoms with Gasteiger partial charge in [-0.2, -0.15) is 0 Å². The van der Waals surface area contributed by atoms with Crippen molar-refractivity contribution in [2.45, 2.75) is 25.5 Å². The molecular weight excluding hydrogens is 320 g/mol. The Morgan fingerprint density at radius 3 is 2.91 bits per heavy atom. The molecule has 2 aromatic heterocycles. The summed E-state index contributed by atoms with van der Waals surface area (Å²) in [4.78, 5) is 16.4. The summed E-state index contributed by atoms with van der Waals surface area (Å²) in [7, 11) is 2.78. The number of hydrogen-bond donors (Lipinski definition) is 1. The van der Waals surface area contributed by atoms with Crippen LogP contribution in [0.2, 0.25) is 5.15 Å². The van der Waals surface area contributed by atoms with E-state index in [2.05, 4.69) is 4.98 Å². The minimum absolute atomic E-state index is 0.247. The predicted octanol–water partition coefficient (Wildman–Crippen LogP) is 2.83. The molecule has 2 aromatic rings. The monoisotopic (exact) mass is 336 g/mol. The molecule has 0 saturated heterocycles. The average molecular weight is 337 g/mol. The Labute approximate surface area is 138 Å². The van der Waals surface area contributed by atoms with E-state index in [-0.39, 0.29) is 5.56 Å². The quantitative estimate of drug-likeness (QED) is 0.689. The lowest BCUT2D eigenvalue weighted by molar-refractivity contribution is 0.0584. The largest absolute Gasteiger partial charge is 0.494 e. The molecular formula is C16H17ClN2O4. The molecule has 1 aliphatic heterocycles. The number of aromatic nitrogens is 2. The van der Waals surface area contributed by atoms with Crippen LogP contribution in [0, 0.1) is 0 Å². The van der Waals surface area contributed by atoms with E-state index < -0.39 is 12.1 Å². The zero-order valence-electron chi connectivity index (χ0n) is 12.9. The topological polar surface area (TPSA) is 73.6 Å². The Kier molecular flexibility index (Phi) is 4.28. The Morgan fingerprint density at radius 1 is 1.48 bits per heavy atom. The number of carbonyl (C=O) groups excluding carboxylic acids is 1. The molecule has 3 rings (SSSR count). The van der Waals surface area contributed by atoms with Crippen molar-refractivity contribution < 1.29 is 19.4 Å². The van der Waals surface area contributed by atoms with Crippen LogP contribution in [-0.2, 0) is 11.3 Å². The van der Waals surface area contributed by atoms with E-state index in [1.807, 2.05) is 10.6 Å². The minimum atomic E-state index is -0.754. The van der Waals surface area contributed by atoms with Crippen LogP contribution in [0.1, 0.15) is 35.0 Å². The number of halogens is 1. The van der Waals surface area contributed by atoms with Gasteiger partial charge in [0.15, 0.2) is 5.75 Å². The highest BCUT2D eigenvalue weighted by Gasteiger charge is 2.35. The third kappa shape index (κ3) is 2.48. The second-order valence-electron chi connectivity index (χ2n) is 5.29. The lowest BCUT2D eigenvalue weighted by Gasteiger charge is -2.23. The van der Waals surface area contributed by atoms with Crippen LogP contribution >= 0.6 is 11.6 Å². The van der Waals surface area contributed by atoms with Gasteiger partial charge in [0, 0.05) is 18.3 Å². The number of aliphatic hydroxyl groups excluding tert-OH is 1. The van der Waals surface area contributed by atoms with E-state index >= 15 is 0 Å². The van der Waals surface area contributed by atoms with Gasteiger partial charge in [-0.05, 0) is 25.0 Å². The fourth-order valence-electron chi connectivity index (χ4n) is 3.10. The lowest BCUT2D eigenvalue weighted by atomic mass is 10.0. The maximum absolute atomic E-state index is 12.3. The van der Waals surface area contributed by atoms with Crippen LogP contribution in [0.25, 0.3) is 11.3 Å². The third-order valence-corrected chi connectivity index (χ3v) is 4.34. The van der Waals surface area contributed by atoms with Crippen LogP contribution < -0.4 is 4.74 Å². The molecule has 7 heteroatoms. The number of methoxy groups -OCH3 is 2. The smallest absolute Gasteiger partial charge is 0.343 e. The number of ether oxygens (including phenoxy) is 2. The second kappa shape index (κ2) is 6.22. The highest BCUT2D eigenvalue weighted by molar-refractivity contribution is 6.32. The van der Waals surface area contributed by atoms with E-state index in [0.29, 0.717) is 40.8 Å². The molecule has 0 saturated carbocycles. The summed E-state index contributed by atoms with van der Waals surface area (Å²) in [6, 6.07) is 3.57. The number of hydrogen-bond acceptors (Lipinski definition) is 5. The predicted molar refractivity (Wildman–Crippen MR) is 84.8 cm³/mol. The molecule has 1 aliphatic rings. The summed E-state index contributed by atoms with van der Waals surface area (Å²) < 4.78 is 12.2. The van der Waals surface area contributed by atoms with E-state index in [9.17, 15) is 9.90 Å². The maximum Gasteiger partial charge on any atom is 0.343 e. The van der Waals surface area contributed by atoms with Gasteiger partial charge in [0.1, 0.15) is 10.7 Å². The van der Waals surface area contributed by atoms with Crippen molar-refractivity contribution in [1.29, 1.82) is 0 Å². The zero-order valence-corrected chi connectivity index (χ0v) is 13.6. The van der Waals surface area contributed by atoms with Crippen molar-refractivity contribution in [3.05, 3.63) is 34.7 Å². The standard InChI is InChI=1S/C16H17ClN2O4/c1-22-14-11(16(21)23-2)13-10(20)6-4-8-19(13)12(14)9-5-3-7-18-15(9)17/h3,5,7,10,20H,4,6,8H2,1-2H3. The number of pyridine rings is 1. The summed E-state index contributed by atoms with van der Waals surface area (Å²) in [5, 5.41) is 10.7. The van der Waals surface area contributed by atoms with Crippen molar-refractivity contribution in [3.8, 4) is 17.0 Å². The second-order valence-corrected chi connectivity index (χ2v) is 5.64. The van der Waals surface area contributed by atoms with E-state index in [4.69, 9.17) is 21.1 Å². The maximum atomic E-state index is 12.3. The third-order valence-electron chi connectivity index (χ3n) is 4.04. The molecule has 0 bridgehead atoms. The summed E-state index contributed by atoms with van der Waals surface area (Å²) in [5.41, 5.74) is 2.04. The van der Waals surface area contributed by atoms with E-state index in [1.165, 1.54) is 14.2 Å². The summed E-state index contributed by atoms with van der Waals surface area (Å²) in [5.74, 6) is -0.194. The zero-order chi connectivity index (χ0) is 16.6. The van der Waals surface area contributed by atoms with Crippen molar-refractivity contribution >= 4 is 17.6 Å². The van der Waals surface area contributed by atoms with Crippen molar-refractivity contribution in [1.82, 2.24) is 9.55 Å². The van der Waals surface area contributed by atoms with Crippen molar-refractivity contribution in [2.75, 3.05) is 14.2 Å². The Balaban J connectivity index is 2.36. The SMILES string of the molecule is COC(=O)c1c(OC)c(-c2cccnc2Cl)n2c1C(O)CCC2. The van der Waals surface area contributed by atoms with Crippen LogP contribution in [0.4, 0.5) is 0 Å². The Morgan fingerprint density at radius 2 is 2.26 bits per heavy atom. The molecule has 1 unspecified atom stereocenters. The van der Waals surface area contributed by atoms with Gasteiger partial charge in [0.2, 0.25) is 0 Å². The molecule has 0 radical (unpaired) electrons. The van der Waals surface area contributed by atoms with Crippen molar-refractivity contribution in [3.63, 3.8) is 0 Å².